The van der Waals surface area contributed by atoms with E-state index >= 15 is 0 Å². The fraction of sp³-hybridized carbons (Fsp3) is 0.250. The Morgan fingerprint density at radius 3 is 2.62 bits per heavy atom. The van der Waals surface area contributed by atoms with Crippen LogP contribution in [-0.2, 0) is 6.42 Å². The van der Waals surface area contributed by atoms with Crippen LogP contribution in [0.3, 0.4) is 0 Å². The van der Waals surface area contributed by atoms with Crippen LogP contribution in [0.25, 0.3) is 10.9 Å². The Hall–Kier alpha value is 0.0700. The second-order valence-electron chi connectivity index (χ2n) is 3.51. The second-order valence-corrected chi connectivity index (χ2v) is 5.28. The van der Waals surface area contributed by atoms with Crippen molar-refractivity contribution in [2.45, 2.75) is 19.8 Å². The Morgan fingerprint density at radius 1 is 1.19 bits per heavy atom. The lowest BCUT2D eigenvalue weighted by atomic mass is 10.1. The van der Waals surface area contributed by atoms with Crippen LogP contribution >= 0.6 is 48.8 Å². The third-order valence-corrected chi connectivity index (χ3v) is 3.43. The van der Waals surface area contributed by atoms with Gasteiger partial charge in [0.1, 0.15) is 0 Å². The van der Waals surface area contributed by atoms with Crippen molar-refractivity contribution in [3.05, 3.63) is 38.9 Å². The van der Waals surface area contributed by atoms with Crippen LogP contribution in [0.1, 0.15) is 19.0 Å². The van der Waals surface area contributed by atoms with Crippen molar-refractivity contribution in [2.24, 2.45) is 0 Å². The maximum Gasteiger partial charge on any atom is 0.0717 e. The molecule has 0 bridgehead atoms. The Labute approximate surface area is 123 Å². The van der Waals surface area contributed by atoms with Crippen LogP contribution in [0, 0.1) is 0 Å². The summed E-state index contributed by atoms with van der Waals surface area (Å²) in [6, 6.07) is 8.27. The van der Waals surface area contributed by atoms with Crippen molar-refractivity contribution in [1.82, 2.24) is 4.98 Å². The highest BCUT2D eigenvalue weighted by Gasteiger charge is 2.03. The molecule has 0 N–H and O–H groups in total. The number of hydrogen-bond donors (Lipinski definition) is 0. The fourth-order valence-corrected chi connectivity index (χ4v) is 2.54. The molecule has 2 aromatic rings. The zero-order chi connectivity index (χ0) is 10.8. The molecule has 0 unspecified atom stereocenters. The van der Waals surface area contributed by atoms with E-state index in [0.29, 0.717) is 0 Å². The standard InChI is InChI=1S/C12H11Br2N.BrH/c1-2-3-9-7-11(14)10-6-8(13)4-5-12(10)15-9;/h4-7H,2-3H2,1H3;1H. The number of rotatable bonds is 2. The third kappa shape index (κ3) is 3.05. The average Bonchev–Trinajstić information content (AvgIpc) is 2.20. The van der Waals surface area contributed by atoms with E-state index in [9.17, 15) is 0 Å². The first-order valence-corrected chi connectivity index (χ1v) is 6.54. The minimum absolute atomic E-state index is 0. The molecule has 4 heteroatoms. The van der Waals surface area contributed by atoms with E-state index in [0.717, 1.165) is 38.4 Å². The molecule has 0 fully saturated rings. The fourth-order valence-electron chi connectivity index (χ4n) is 1.59. The summed E-state index contributed by atoms with van der Waals surface area (Å²) in [6.45, 7) is 2.17. The van der Waals surface area contributed by atoms with E-state index in [2.05, 4.69) is 55.9 Å². The smallest absolute Gasteiger partial charge is 0.0717 e. The number of nitrogens with zero attached hydrogens (tertiary/aromatic N) is 1. The molecular weight excluding hydrogens is 398 g/mol. The SMILES string of the molecule is Br.CCCc1cc(Br)c2cc(Br)ccc2n1. The summed E-state index contributed by atoms with van der Waals surface area (Å²) in [5.74, 6) is 0. The van der Waals surface area contributed by atoms with Gasteiger partial charge in [0.2, 0.25) is 0 Å². The van der Waals surface area contributed by atoms with Gasteiger partial charge in [-0.25, -0.2) is 0 Å². The zero-order valence-corrected chi connectivity index (χ0v) is 13.7. The van der Waals surface area contributed by atoms with Gasteiger partial charge in [0, 0.05) is 20.0 Å². The number of aromatic nitrogens is 1. The molecule has 0 saturated carbocycles. The minimum atomic E-state index is 0. The van der Waals surface area contributed by atoms with E-state index in [1.807, 2.05) is 12.1 Å². The molecule has 0 spiro atoms. The first-order chi connectivity index (χ1) is 7.20. The Kier molecular flexibility index (Phi) is 5.41. The number of benzene rings is 1. The number of pyridine rings is 1. The molecule has 1 aromatic carbocycles. The predicted molar refractivity (Wildman–Crippen MR) is 81.5 cm³/mol. The van der Waals surface area contributed by atoms with E-state index < -0.39 is 0 Å². The van der Waals surface area contributed by atoms with E-state index in [1.165, 1.54) is 0 Å². The van der Waals surface area contributed by atoms with Crippen LogP contribution in [0.4, 0.5) is 0 Å². The van der Waals surface area contributed by atoms with Gasteiger partial charge in [-0.05, 0) is 30.7 Å². The van der Waals surface area contributed by atoms with E-state index in [-0.39, 0.29) is 17.0 Å². The van der Waals surface area contributed by atoms with Gasteiger partial charge in [0.25, 0.3) is 0 Å². The molecule has 16 heavy (non-hydrogen) atoms. The van der Waals surface area contributed by atoms with Crippen molar-refractivity contribution in [2.75, 3.05) is 0 Å². The van der Waals surface area contributed by atoms with Gasteiger partial charge >= 0.3 is 0 Å². The summed E-state index contributed by atoms with van der Waals surface area (Å²) in [5.41, 5.74) is 2.20. The van der Waals surface area contributed by atoms with E-state index in [1.54, 1.807) is 0 Å². The van der Waals surface area contributed by atoms with Gasteiger partial charge in [0.15, 0.2) is 0 Å². The first-order valence-electron chi connectivity index (χ1n) is 4.95. The molecule has 0 atom stereocenters. The topological polar surface area (TPSA) is 12.9 Å². The van der Waals surface area contributed by atoms with Crippen LogP contribution in [0.15, 0.2) is 33.2 Å². The third-order valence-electron chi connectivity index (χ3n) is 2.28. The van der Waals surface area contributed by atoms with Gasteiger partial charge in [-0.1, -0.05) is 45.2 Å². The molecule has 2 rings (SSSR count). The second kappa shape index (κ2) is 6.12. The average molecular weight is 410 g/mol. The van der Waals surface area contributed by atoms with Gasteiger partial charge < -0.3 is 0 Å². The van der Waals surface area contributed by atoms with Gasteiger partial charge in [-0.2, -0.15) is 0 Å². The molecule has 0 radical (unpaired) electrons. The summed E-state index contributed by atoms with van der Waals surface area (Å²) in [6.07, 6.45) is 2.16. The number of fused-ring (bicyclic) bond motifs is 1. The number of halogens is 3. The Bertz CT molecular complexity index is 497. The summed E-state index contributed by atoms with van der Waals surface area (Å²) in [4.78, 5) is 4.62. The highest BCUT2D eigenvalue weighted by atomic mass is 79.9. The maximum absolute atomic E-state index is 4.62. The lowest BCUT2D eigenvalue weighted by Gasteiger charge is -2.04. The summed E-state index contributed by atoms with van der Waals surface area (Å²) >= 11 is 7.06. The lowest BCUT2D eigenvalue weighted by molar-refractivity contribution is 0.889. The van der Waals surface area contributed by atoms with Crippen molar-refractivity contribution in [3.8, 4) is 0 Å². The summed E-state index contributed by atoms with van der Waals surface area (Å²) < 4.78 is 2.21. The van der Waals surface area contributed by atoms with Crippen molar-refractivity contribution >= 4 is 59.7 Å². The molecule has 0 saturated heterocycles. The molecule has 0 aliphatic heterocycles. The lowest BCUT2D eigenvalue weighted by Crippen LogP contribution is -1.90. The van der Waals surface area contributed by atoms with Gasteiger partial charge in [0.05, 0.1) is 5.52 Å². The van der Waals surface area contributed by atoms with Crippen LogP contribution in [0.2, 0.25) is 0 Å². The van der Waals surface area contributed by atoms with Crippen LogP contribution < -0.4 is 0 Å². The molecule has 1 heterocycles. The van der Waals surface area contributed by atoms with Gasteiger partial charge in [-0.15, -0.1) is 17.0 Å². The van der Waals surface area contributed by atoms with Crippen molar-refractivity contribution in [1.29, 1.82) is 0 Å². The maximum atomic E-state index is 4.62. The quantitative estimate of drug-likeness (QED) is 0.656. The monoisotopic (exact) mass is 407 g/mol. The molecule has 1 aromatic heterocycles. The van der Waals surface area contributed by atoms with E-state index in [4.69, 9.17) is 0 Å². The molecule has 0 aliphatic rings. The normalized spacial score (nSPS) is 10.2. The first kappa shape index (κ1) is 14.1. The van der Waals surface area contributed by atoms with Crippen molar-refractivity contribution in [3.63, 3.8) is 0 Å². The Balaban J connectivity index is 0.00000128. The summed E-state index contributed by atoms with van der Waals surface area (Å²) in [5, 5.41) is 1.16. The Morgan fingerprint density at radius 2 is 1.94 bits per heavy atom. The number of hydrogen-bond acceptors (Lipinski definition) is 1. The number of aryl methyl sites for hydroxylation is 1. The molecule has 1 nitrogen and oxygen atoms in total. The highest BCUT2D eigenvalue weighted by Crippen LogP contribution is 2.26. The molecular formula is C12H12Br3N. The van der Waals surface area contributed by atoms with Crippen LogP contribution in [-0.4, -0.2) is 4.98 Å². The highest BCUT2D eigenvalue weighted by molar-refractivity contribution is 9.11. The minimum Gasteiger partial charge on any atom is -0.253 e. The molecule has 0 aliphatic carbocycles. The summed E-state index contributed by atoms with van der Waals surface area (Å²) in [7, 11) is 0. The molecule has 86 valence electrons. The molecule has 0 amide bonds. The van der Waals surface area contributed by atoms with Crippen molar-refractivity contribution < 1.29 is 0 Å². The zero-order valence-electron chi connectivity index (χ0n) is 8.84. The van der Waals surface area contributed by atoms with Crippen LogP contribution in [0.5, 0.6) is 0 Å². The van der Waals surface area contributed by atoms with Gasteiger partial charge in [-0.3, -0.25) is 4.98 Å². The predicted octanol–water partition coefficient (Wildman–Crippen LogP) is 5.29. The largest absolute Gasteiger partial charge is 0.253 e.